The van der Waals surface area contributed by atoms with Crippen molar-refractivity contribution in [1.29, 1.82) is 0 Å². The number of halogens is 2. The van der Waals surface area contributed by atoms with Crippen molar-refractivity contribution in [3.63, 3.8) is 0 Å². The normalized spacial score (nSPS) is 12.6. The summed E-state index contributed by atoms with van der Waals surface area (Å²) in [5, 5.41) is 0. The molecule has 0 saturated carbocycles. The number of nitrogens with zero attached hydrogens (tertiary/aromatic N) is 1. The fraction of sp³-hybridized carbons (Fsp3) is 0.417. The smallest absolute Gasteiger partial charge is 0.275 e. The molecule has 0 aliphatic carbocycles. The van der Waals surface area contributed by atoms with E-state index >= 15 is 0 Å². The van der Waals surface area contributed by atoms with Crippen LogP contribution in [0.5, 0.6) is 0 Å². The summed E-state index contributed by atoms with van der Waals surface area (Å²) < 4.78 is 32.7. The number of oxazole rings is 1. The highest BCUT2D eigenvalue weighted by molar-refractivity contribution is 5.73. The van der Waals surface area contributed by atoms with Crippen LogP contribution < -0.4 is 0 Å². The minimum Gasteiger partial charge on any atom is -0.441 e. The van der Waals surface area contributed by atoms with E-state index in [4.69, 9.17) is 4.42 Å². The van der Waals surface area contributed by atoms with Crippen LogP contribution in [0.3, 0.4) is 0 Å². The molecular formula is C12H13F2NO. The maximum atomic E-state index is 13.8. The Balaban J connectivity index is 2.54. The summed E-state index contributed by atoms with van der Waals surface area (Å²) in [5.41, 5.74) is 1.01. The lowest BCUT2D eigenvalue weighted by Gasteiger charge is -2.20. The average Bonchev–Trinajstić information content (AvgIpc) is 2.56. The SMILES string of the molecule is Cc1nc2cc(C(F)(F)C(C)C)ccc2o1. The number of benzene rings is 1. The predicted octanol–water partition coefficient (Wildman–Crippen LogP) is 3.88. The molecule has 0 radical (unpaired) electrons. The van der Waals surface area contributed by atoms with Gasteiger partial charge in [0.1, 0.15) is 5.52 Å². The van der Waals surface area contributed by atoms with E-state index in [2.05, 4.69) is 4.98 Å². The number of aromatic nitrogens is 1. The van der Waals surface area contributed by atoms with Crippen LogP contribution in [-0.2, 0) is 5.92 Å². The number of rotatable bonds is 2. The van der Waals surface area contributed by atoms with Gasteiger partial charge in [-0.25, -0.2) is 13.8 Å². The van der Waals surface area contributed by atoms with Crippen molar-refractivity contribution in [3.8, 4) is 0 Å². The highest BCUT2D eigenvalue weighted by Crippen LogP contribution is 2.36. The first kappa shape index (κ1) is 11.0. The molecule has 2 nitrogen and oxygen atoms in total. The molecule has 0 aliphatic rings. The van der Waals surface area contributed by atoms with Gasteiger partial charge < -0.3 is 4.42 Å². The molecule has 0 saturated heterocycles. The third-order valence-corrected chi connectivity index (χ3v) is 2.60. The number of alkyl halides is 2. The van der Waals surface area contributed by atoms with Gasteiger partial charge in [0.15, 0.2) is 11.5 Å². The summed E-state index contributed by atoms with van der Waals surface area (Å²) in [6.07, 6.45) is 0. The van der Waals surface area contributed by atoms with Gasteiger partial charge in [0.2, 0.25) is 0 Å². The van der Waals surface area contributed by atoms with Gasteiger partial charge >= 0.3 is 0 Å². The van der Waals surface area contributed by atoms with Crippen molar-refractivity contribution in [1.82, 2.24) is 4.98 Å². The highest BCUT2D eigenvalue weighted by atomic mass is 19.3. The molecule has 0 atom stereocenters. The molecule has 0 fully saturated rings. The van der Waals surface area contributed by atoms with Crippen LogP contribution in [0.25, 0.3) is 11.1 Å². The first-order valence-corrected chi connectivity index (χ1v) is 5.16. The second-order valence-corrected chi connectivity index (χ2v) is 4.19. The van der Waals surface area contributed by atoms with Crippen molar-refractivity contribution in [3.05, 3.63) is 29.7 Å². The summed E-state index contributed by atoms with van der Waals surface area (Å²) in [6, 6.07) is 4.33. The fourth-order valence-corrected chi connectivity index (χ4v) is 1.58. The van der Waals surface area contributed by atoms with Crippen LogP contribution >= 0.6 is 0 Å². The lowest BCUT2D eigenvalue weighted by molar-refractivity contribution is -0.0512. The zero-order chi connectivity index (χ0) is 11.9. The molecule has 0 unspecified atom stereocenters. The zero-order valence-electron chi connectivity index (χ0n) is 9.42. The van der Waals surface area contributed by atoms with Gasteiger partial charge in [0.05, 0.1) is 0 Å². The first-order chi connectivity index (χ1) is 7.41. The number of hydrogen-bond donors (Lipinski definition) is 0. The lowest BCUT2D eigenvalue weighted by atomic mass is 9.98. The number of aryl methyl sites for hydroxylation is 1. The Morgan fingerprint density at radius 1 is 1.31 bits per heavy atom. The van der Waals surface area contributed by atoms with Crippen molar-refractivity contribution in [2.24, 2.45) is 5.92 Å². The van der Waals surface area contributed by atoms with Crippen molar-refractivity contribution in [2.75, 3.05) is 0 Å². The number of fused-ring (bicyclic) bond motifs is 1. The van der Waals surface area contributed by atoms with E-state index in [-0.39, 0.29) is 5.56 Å². The Hall–Kier alpha value is -1.45. The topological polar surface area (TPSA) is 26.0 Å². The second-order valence-electron chi connectivity index (χ2n) is 4.19. The van der Waals surface area contributed by atoms with Crippen LogP contribution in [0.2, 0.25) is 0 Å². The highest BCUT2D eigenvalue weighted by Gasteiger charge is 2.35. The van der Waals surface area contributed by atoms with Gasteiger partial charge in [0, 0.05) is 18.4 Å². The molecule has 1 heterocycles. The first-order valence-electron chi connectivity index (χ1n) is 5.16. The third-order valence-electron chi connectivity index (χ3n) is 2.60. The molecule has 0 aliphatic heterocycles. The molecule has 2 rings (SSSR count). The van der Waals surface area contributed by atoms with Gasteiger partial charge in [-0.2, -0.15) is 0 Å². The minimum atomic E-state index is -2.83. The quantitative estimate of drug-likeness (QED) is 0.775. The lowest BCUT2D eigenvalue weighted by Crippen LogP contribution is -2.20. The van der Waals surface area contributed by atoms with Crippen LogP contribution in [0, 0.1) is 12.8 Å². The molecule has 0 bridgehead atoms. The van der Waals surface area contributed by atoms with Crippen LogP contribution in [0.4, 0.5) is 8.78 Å². The standard InChI is InChI=1S/C12H13F2NO/c1-7(2)12(13,14)9-4-5-11-10(6-9)15-8(3)16-11/h4-7H,1-3H3. The van der Waals surface area contributed by atoms with Crippen molar-refractivity contribution in [2.45, 2.75) is 26.7 Å². The molecule has 0 amide bonds. The molecule has 1 aromatic heterocycles. The third kappa shape index (κ3) is 1.68. The summed E-state index contributed by atoms with van der Waals surface area (Å²) in [7, 11) is 0. The zero-order valence-corrected chi connectivity index (χ0v) is 9.42. The molecule has 4 heteroatoms. The van der Waals surface area contributed by atoms with Gasteiger partial charge in [-0.3, -0.25) is 0 Å². The molecular weight excluding hydrogens is 212 g/mol. The predicted molar refractivity (Wildman–Crippen MR) is 57.5 cm³/mol. The molecule has 86 valence electrons. The Morgan fingerprint density at radius 2 is 2.00 bits per heavy atom. The monoisotopic (exact) mass is 225 g/mol. The van der Waals surface area contributed by atoms with E-state index in [9.17, 15) is 8.78 Å². The van der Waals surface area contributed by atoms with E-state index < -0.39 is 11.8 Å². The summed E-state index contributed by atoms with van der Waals surface area (Å²) in [4.78, 5) is 4.05. The summed E-state index contributed by atoms with van der Waals surface area (Å²) >= 11 is 0. The van der Waals surface area contributed by atoms with Gasteiger partial charge in [-0.15, -0.1) is 0 Å². The largest absolute Gasteiger partial charge is 0.441 e. The Bertz CT molecular complexity index is 517. The van der Waals surface area contributed by atoms with Gasteiger partial charge in [-0.1, -0.05) is 13.8 Å². The maximum Gasteiger partial charge on any atom is 0.275 e. The van der Waals surface area contributed by atoms with Crippen molar-refractivity contribution < 1.29 is 13.2 Å². The molecule has 16 heavy (non-hydrogen) atoms. The van der Waals surface area contributed by atoms with Crippen LogP contribution in [0.15, 0.2) is 22.6 Å². The van der Waals surface area contributed by atoms with Gasteiger partial charge in [-0.05, 0) is 18.2 Å². The van der Waals surface area contributed by atoms with E-state index in [1.54, 1.807) is 13.0 Å². The summed E-state index contributed by atoms with van der Waals surface area (Å²) in [5.74, 6) is -3.08. The Morgan fingerprint density at radius 3 is 2.62 bits per heavy atom. The molecule has 0 spiro atoms. The average molecular weight is 225 g/mol. The van der Waals surface area contributed by atoms with E-state index in [0.717, 1.165) is 0 Å². The van der Waals surface area contributed by atoms with Crippen LogP contribution in [-0.4, -0.2) is 4.98 Å². The maximum absolute atomic E-state index is 13.8. The fourth-order valence-electron chi connectivity index (χ4n) is 1.58. The molecule has 1 aromatic carbocycles. The second kappa shape index (κ2) is 3.54. The minimum absolute atomic E-state index is 0.0108. The van der Waals surface area contributed by atoms with Gasteiger partial charge in [0.25, 0.3) is 5.92 Å². The van der Waals surface area contributed by atoms with Crippen molar-refractivity contribution >= 4 is 11.1 Å². The molecule has 0 N–H and O–H groups in total. The van der Waals surface area contributed by atoms with Crippen LogP contribution in [0.1, 0.15) is 25.3 Å². The van der Waals surface area contributed by atoms with E-state index in [1.165, 1.54) is 26.0 Å². The summed E-state index contributed by atoms with van der Waals surface area (Å²) in [6.45, 7) is 4.69. The van der Waals surface area contributed by atoms with E-state index in [1.807, 2.05) is 0 Å². The number of hydrogen-bond acceptors (Lipinski definition) is 2. The Labute approximate surface area is 92.3 Å². The van der Waals surface area contributed by atoms with E-state index in [0.29, 0.717) is 17.0 Å². The molecule has 2 aromatic rings. The Kier molecular flexibility index (Phi) is 2.45.